The van der Waals surface area contributed by atoms with Crippen LogP contribution in [0.3, 0.4) is 0 Å². The van der Waals surface area contributed by atoms with Gasteiger partial charge >= 0.3 is 0 Å². The molecule has 0 bridgehead atoms. The van der Waals surface area contributed by atoms with E-state index >= 15 is 0 Å². The van der Waals surface area contributed by atoms with Gasteiger partial charge in [0.05, 0.1) is 24.5 Å². The van der Waals surface area contributed by atoms with Gasteiger partial charge in [-0.1, -0.05) is 6.07 Å². The van der Waals surface area contributed by atoms with Crippen LogP contribution in [0.1, 0.15) is 27.7 Å². The van der Waals surface area contributed by atoms with Gasteiger partial charge in [0.2, 0.25) is 0 Å². The molecule has 130 valence electrons. The van der Waals surface area contributed by atoms with Gasteiger partial charge < -0.3 is 20.2 Å². The molecule has 0 radical (unpaired) electrons. The van der Waals surface area contributed by atoms with Crippen molar-refractivity contribution >= 4 is 17.3 Å². The maximum Gasteiger partial charge on any atom is 0.252 e. The van der Waals surface area contributed by atoms with Crippen molar-refractivity contribution in [3.8, 4) is 6.07 Å². The average molecular weight is 347 g/mol. The van der Waals surface area contributed by atoms with E-state index in [1.165, 1.54) is 6.26 Å². The second-order valence-corrected chi connectivity index (χ2v) is 5.62. The highest BCUT2D eigenvalue weighted by atomic mass is 16.3. The number of carbonyl (C=O) groups is 1. The lowest BCUT2D eigenvalue weighted by Crippen LogP contribution is -2.30. The normalized spacial score (nSPS) is 11.4. The SMILES string of the molecule is N#Cc1ccc(Nc2cccc(C(=O)NC(CO)c3ccco3)c2)cc1. The summed E-state index contributed by atoms with van der Waals surface area (Å²) in [5, 5.41) is 24.2. The van der Waals surface area contributed by atoms with Gasteiger partial charge in [-0.05, 0) is 54.6 Å². The highest BCUT2D eigenvalue weighted by Crippen LogP contribution is 2.19. The second kappa shape index (κ2) is 8.01. The van der Waals surface area contributed by atoms with Crippen molar-refractivity contribution in [3.63, 3.8) is 0 Å². The number of nitrogens with zero attached hydrogens (tertiary/aromatic N) is 1. The fourth-order valence-corrected chi connectivity index (χ4v) is 2.47. The van der Waals surface area contributed by atoms with Crippen LogP contribution in [0.15, 0.2) is 71.3 Å². The predicted octanol–water partition coefficient (Wildman–Crippen LogP) is 3.36. The van der Waals surface area contributed by atoms with Gasteiger partial charge in [-0.25, -0.2) is 0 Å². The third kappa shape index (κ3) is 4.09. The van der Waals surface area contributed by atoms with E-state index in [9.17, 15) is 9.90 Å². The third-order valence-corrected chi connectivity index (χ3v) is 3.80. The summed E-state index contributed by atoms with van der Waals surface area (Å²) in [5.41, 5.74) is 2.58. The van der Waals surface area contributed by atoms with Gasteiger partial charge in [0.1, 0.15) is 11.8 Å². The number of nitrogens with one attached hydrogen (secondary N) is 2. The number of benzene rings is 2. The minimum Gasteiger partial charge on any atom is -0.467 e. The zero-order chi connectivity index (χ0) is 18.4. The predicted molar refractivity (Wildman–Crippen MR) is 96.9 cm³/mol. The second-order valence-electron chi connectivity index (χ2n) is 5.62. The molecule has 0 aliphatic rings. The summed E-state index contributed by atoms with van der Waals surface area (Å²) in [7, 11) is 0. The molecule has 1 amide bonds. The van der Waals surface area contributed by atoms with Gasteiger partial charge in [0.15, 0.2) is 0 Å². The van der Waals surface area contributed by atoms with Crippen LogP contribution >= 0.6 is 0 Å². The Kier molecular flexibility index (Phi) is 5.32. The molecule has 3 N–H and O–H groups in total. The molecule has 6 heteroatoms. The molecule has 0 saturated carbocycles. The minimum absolute atomic E-state index is 0.261. The highest BCUT2D eigenvalue weighted by Gasteiger charge is 2.17. The number of aliphatic hydroxyl groups is 1. The maximum absolute atomic E-state index is 12.5. The van der Waals surface area contributed by atoms with E-state index in [2.05, 4.69) is 16.7 Å². The van der Waals surface area contributed by atoms with Crippen LogP contribution in [0, 0.1) is 11.3 Å². The smallest absolute Gasteiger partial charge is 0.252 e. The number of aliphatic hydroxyl groups excluding tert-OH is 1. The van der Waals surface area contributed by atoms with Crippen LogP contribution in [-0.4, -0.2) is 17.6 Å². The van der Waals surface area contributed by atoms with Gasteiger partial charge in [0.25, 0.3) is 5.91 Å². The molecule has 2 aromatic carbocycles. The first-order valence-corrected chi connectivity index (χ1v) is 8.02. The van der Waals surface area contributed by atoms with E-state index in [1.807, 2.05) is 6.07 Å². The summed E-state index contributed by atoms with van der Waals surface area (Å²) >= 11 is 0. The number of nitriles is 1. The topological polar surface area (TPSA) is 98.3 Å². The van der Waals surface area contributed by atoms with Gasteiger partial charge in [-0.2, -0.15) is 5.26 Å². The molecule has 3 rings (SSSR count). The first kappa shape index (κ1) is 17.3. The fourth-order valence-electron chi connectivity index (χ4n) is 2.47. The Bertz CT molecular complexity index is 912. The molecule has 6 nitrogen and oxygen atoms in total. The van der Waals surface area contributed by atoms with Crippen LogP contribution in [-0.2, 0) is 0 Å². The Morgan fingerprint density at radius 1 is 1.12 bits per heavy atom. The van der Waals surface area contributed by atoms with Crippen LogP contribution < -0.4 is 10.6 Å². The van der Waals surface area contributed by atoms with Crippen molar-refractivity contribution in [3.05, 3.63) is 83.8 Å². The number of amides is 1. The Balaban J connectivity index is 1.71. The zero-order valence-electron chi connectivity index (χ0n) is 13.8. The zero-order valence-corrected chi connectivity index (χ0v) is 13.8. The van der Waals surface area contributed by atoms with Crippen LogP contribution in [0.5, 0.6) is 0 Å². The van der Waals surface area contributed by atoms with E-state index in [-0.39, 0.29) is 12.5 Å². The Morgan fingerprint density at radius 3 is 2.58 bits per heavy atom. The molecule has 3 aromatic rings. The molecule has 0 fully saturated rings. The fraction of sp³-hybridized carbons (Fsp3) is 0.100. The lowest BCUT2D eigenvalue weighted by atomic mass is 10.1. The van der Waals surface area contributed by atoms with Crippen molar-refractivity contribution in [2.24, 2.45) is 0 Å². The minimum atomic E-state index is -0.604. The van der Waals surface area contributed by atoms with Crippen molar-refractivity contribution in [2.75, 3.05) is 11.9 Å². The van der Waals surface area contributed by atoms with E-state index in [1.54, 1.807) is 54.6 Å². The number of hydrogen-bond donors (Lipinski definition) is 3. The van der Waals surface area contributed by atoms with E-state index in [4.69, 9.17) is 9.68 Å². The summed E-state index contributed by atoms with van der Waals surface area (Å²) in [4.78, 5) is 12.5. The lowest BCUT2D eigenvalue weighted by molar-refractivity contribution is 0.0907. The van der Waals surface area contributed by atoms with E-state index in [0.29, 0.717) is 16.9 Å². The van der Waals surface area contributed by atoms with Gasteiger partial charge in [-0.3, -0.25) is 4.79 Å². The van der Waals surface area contributed by atoms with Crippen LogP contribution in [0.25, 0.3) is 0 Å². The molecule has 0 saturated heterocycles. The molecule has 0 aliphatic carbocycles. The molecule has 1 aromatic heterocycles. The molecular formula is C20H17N3O3. The molecule has 1 heterocycles. The monoisotopic (exact) mass is 347 g/mol. The summed E-state index contributed by atoms with van der Waals surface area (Å²) in [6.07, 6.45) is 1.49. The van der Waals surface area contributed by atoms with Gasteiger partial charge in [0, 0.05) is 16.9 Å². The third-order valence-electron chi connectivity index (χ3n) is 3.80. The highest BCUT2D eigenvalue weighted by molar-refractivity contribution is 5.95. The van der Waals surface area contributed by atoms with E-state index in [0.717, 1.165) is 11.4 Å². The van der Waals surface area contributed by atoms with Crippen molar-refractivity contribution in [1.29, 1.82) is 5.26 Å². The van der Waals surface area contributed by atoms with E-state index < -0.39 is 6.04 Å². The Morgan fingerprint density at radius 2 is 1.92 bits per heavy atom. The quantitative estimate of drug-likeness (QED) is 0.635. The molecule has 0 aliphatic heterocycles. The molecule has 1 atom stereocenters. The largest absolute Gasteiger partial charge is 0.467 e. The number of rotatable bonds is 6. The summed E-state index contributed by atoms with van der Waals surface area (Å²) < 4.78 is 5.23. The Hall–Kier alpha value is -3.56. The summed E-state index contributed by atoms with van der Waals surface area (Å²) in [6.45, 7) is -0.261. The Labute approximate surface area is 150 Å². The standard InChI is InChI=1S/C20H17N3O3/c21-12-14-6-8-16(9-7-14)22-17-4-1-3-15(11-17)20(25)23-18(13-24)19-5-2-10-26-19/h1-11,18,22,24H,13H2,(H,23,25). The number of anilines is 2. The lowest BCUT2D eigenvalue weighted by Gasteiger charge is -2.14. The van der Waals surface area contributed by atoms with Crippen molar-refractivity contribution in [1.82, 2.24) is 5.32 Å². The molecule has 1 unspecified atom stereocenters. The van der Waals surface area contributed by atoms with Crippen LogP contribution in [0.4, 0.5) is 11.4 Å². The van der Waals surface area contributed by atoms with Crippen LogP contribution in [0.2, 0.25) is 0 Å². The molecule has 0 spiro atoms. The molecule has 26 heavy (non-hydrogen) atoms. The number of hydrogen-bond acceptors (Lipinski definition) is 5. The first-order chi connectivity index (χ1) is 12.7. The molecular weight excluding hydrogens is 330 g/mol. The van der Waals surface area contributed by atoms with Gasteiger partial charge in [-0.15, -0.1) is 0 Å². The summed E-state index contributed by atoms with van der Waals surface area (Å²) in [5.74, 6) is 0.177. The summed E-state index contributed by atoms with van der Waals surface area (Å²) in [6, 6.07) is 18.9. The van der Waals surface area contributed by atoms with Crippen molar-refractivity contribution < 1.29 is 14.3 Å². The maximum atomic E-state index is 12.5. The first-order valence-electron chi connectivity index (χ1n) is 8.02. The average Bonchev–Trinajstić information content (AvgIpc) is 3.21. The number of carbonyl (C=O) groups excluding carboxylic acids is 1. The van der Waals surface area contributed by atoms with Crippen molar-refractivity contribution in [2.45, 2.75) is 6.04 Å². The number of furan rings is 1.